The lowest BCUT2D eigenvalue weighted by atomic mass is 9.44. The molecule has 0 heterocycles. The van der Waals surface area contributed by atoms with Gasteiger partial charge in [0.15, 0.2) is 17.1 Å². The fraction of sp³-hybridized carbons (Fsp3) is 0.741. The average molecular weight is 477 g/mol. The molecule has 3 fully saturated rings. The summed E-state index contributed by atoms with van der Waals surface area (Å²) in [5.41, 5.74) is -5.11. The lowest BCUT2D eigenvalue weighted by Crippen LogP contribution is -2.70. The molecule has 0 aliphatic heterocycles. The number of allylic oxidation sites excluding steroid dienone is 4. The highest BCUT2D eigenvalue weighted by molar-refractivity contribution is 6.01. The summed E-state index contributed by atoms with van der Waals surface area (Å²) in [6.45, 7) is 6.55. The van der Waals surface area contributed by atoms with E-state index in [4.69, 9.17) is 4.74 Å². The van der Waals surface area contributed by atoms with E-state index in [2.05, 4.69) is 0 Å². The molecule has 4 aliphatic rings. The number of ketones is 2. The maximum atomic E-state index is 17.3. The third-order valence-electron chi connectivity index (χ3n) is 9.75. The van der Waals surface area contributed by atoms with Crippen LogP contribution in [0.3, 0.4) is 0 Å². The standard InChI is InChI=1S/C27H37FO6/c1-5-6-7-23(33)34-27(22(32)15-29)16(2)12-20-19-9-8-17-13-18(30)10-11-24(17,3)26(19,28)21(31)14-25(20,27)4/h10-11,13,16,19-21,29,31H,5-9,12,14-15H2,1-4H3/t16-,19+,20-,21+,24+,25-,26+,27+/m1/s1. The minimum atomic E-state index is -2.03. The molecule has 2 N–H and O–H groups in total. The second-order valence-electron chi connectivity index (χ2n) is 11.3. The number of unbranched alkanes of at least 4 members (excludes halogenated alkanes) is 1. The molecule has 0 aromatic carbocycles. The molecule has 8 atom stereocenters. The number of alkyl halides is 1. The number of carbonyl (C=O) groups is 3. The van der Waals surface area contributed by atoms with Crippen molar-refractivity contribution in [2.45, 2.75) is 90.0 Å². The first-order valence-electron chi connectivity index (χ1n) is 12.6. The molecule has 0 unspecified atom stereocenters. The number of fused-ring (bicyclic) bond motifs is 5. The van der Waals surface area contributed by atoms with Crippen LogP contribution in [0.2, 0.25) is 0 Å². The Hall–Kier alpha value is -1.86. The van der Waals surface area contributed by atoms with E-state index in [-0.39, 0.29) is 24.5 Å². The molecule has 0 aromatic heterocycles. The number of rotatable bonds is 6. The van der Waals surface area contributed by atoms with Gasteiger partial charge in [0.1, 0.15) is 6.61 Å². The molecule has 0 radical (unpaired) electrons. The lowest BCUT2D eigenvalue weighted by Gasteiger charge is -2.62. The third kappa shape index (κ3) is 3.08. The number of ether oxygens (including phenoxy) is 1. The summed E-state index contributed by atoms with van der Waals surface area (Å²) in [5, 5.41) is 21.4. The van der Waals surface area contributed by atoms with Crippen molar-refractivity contribution in [3.63, 3.8) is 0 Å². The normalized spacial score (nSPS) is 45.1. The highest BCUT2D eigenvalue weighted by atomic mass is 19.1. The number of carbonyl (C=O) groups excluding carboxylic acids is 3. The van der Waals surface area contributed by atoms with Crippen molar-refractivity contribution >= 4 is 17.5 Å². The largest absolute Gasteiger partial charge is 0.450 e. The van der Waals surface area contributed by atoms with Crippen LogP contribution in [0.4, 0.5) is 4.39 Å². The van der Waals surface area contributed by atoms with Crippen molar-refractivity contribution in [3.05, 3.63) is 23.8 Å². The van der Waals surface area contributed by atoms with Crippen LogP contribution < -0.4 is 0 Å². The first kappa shape index (κ1) is 25.2. The van der Waals surface area contributed by atoms with E-state index in [1.54, 1.807) is 13.0 Å². The Bertz CT molecular complexity index is 957. The van der Waals surface area contributed by atoms with Crippen LogP contribution >= 0.6 is 0 Å². The molecule has 34 heavy (non-hydrogen) atoms. The van der Waals surface area contributed by atoms with Crippen molar-refractivity contribution in [3.8, 4) is 0 Å². The van der Waals surface area contributed by atoms with Crippen LogP contribution in [0.5, 0.6) is 0 Å². The van der Waals surface area contributed by atoms with Gasteiger partial charge in [-0.1, -0.05) is 38.8 Å². The van der Waals surface area contributed by atoms with Crippen molar-refractivity contribution in [2.75, 3.05) is 6.61 Å². The molecule has 0 saturated heterocycles. The maximum absolute atomic E-state index is 17.3. The number of aliphatic hydroxyl groups is 2. The zero-order chi connectivity index (χ0) is 25.1. The second-order valence-corrected chi connectivity index (χ2v) is 11.3. The molecule has 4 rings (SSSR count). The maximum Gasteiger partial charge on any atom is 0.306 e. The fourth-order valence-corrected chi connectivity index (χ4v) is 8.07. The molecule has 0 spiro atoms. The van der Waals surface area contributed by atoms with Crippen LogP contribution in [0.15, 0.2) is 23.8 Å². The number of aliphatic hydroxyl groups excluding tert-OH is 2. The number of Topliss-reactive ketones (excluding diaryl/α,β-unsaturated/α-hetero) is 1. The Morgan fingerprint density at radius 3 is 2.62 bits per heavy atom. The van der Waals surface area contributed by atoms with Crippen molar-refractivity contribution in [1.82, 2.24) is 0 Å². The number of esters is 1. The molecular formula is C27H37FO6. The van der Waals surface area contributed by atoms with E-state index >= 15 is 4.39 Å². The first-order valence-corrected chi connectivity index (χ1v) is 12.6. The van der Waals surface area contributed by atoms with Gasteiger partial charge >= 0.3 is 5.97 Å². The van der Waals surface area contributed by atoms with Gasteiger partial charge < -0.3 is 14.9 Å². The van der Waals surface area contributed by atoms with E-state index in [1.165, 1.54) is 12.2 Å². The van der Waals surface area contributed by atoms with E-state index in [1.807, 2.05) is 20.8 Å². The van der Waals surface area contributed by atoms with Gasteiger partial charge in [-0.15, -0.1) is 0 Å². The van der Waals surface area contributed by atoms with Crippen molar-refractivity contribution < 1.29 is 33.7 Å². The predicted molar refractivity (Wildman–Crippen MR) is 123 cm³/mol. The number of hydrogen-bond donors (Lipinski definition) is 2. The Morgan fingerprint density at radius 2 is 1.97 bits per heavy atom. The Balaban J connectivity index is 1.80. The Kier molecular flexibility index (Phi) is 6.21. The lowest BCUT2D eigenvalue weighted by molar-refractivity contribution is -0.228. The summed E-state index contributed by atoms with van der Waals surface area (Å²) in [5.74, 6) is -2.62. The average Bonchev–Trinajstić information content (AvgIpc) is 3.00. The SMILES string of the molecule is CCCCC(=O)O[C@]1(C(=O)CO)[C@H](C)C[C@@H]2[C@@H]3CCC4=CC(=O)C=C[C@]4(C)[C@@]3(F)[C@@H](O)C[C@]21C. The fourth-order valence-electron chi connectivity index (χ4n) is 8.07. The van der Waals surface area contributed by atoms with Crippen LogP contribution in [0.25, 0.3) is 0 Å². The number of hydrogen-bond acceptors (Lipinski definition) is 6. The molecule has 0 amide bonds. The highest BCUT2D eigenvalue weighted by Crippen LogP contribution is 2.71. The third-order valence-corrected chi connectivity index (χ3v) is 9.75. The monoisotopic (exact) mass is 476 g/mol. The van der Waals surface area contributed by atoms with Gasteiger partial charge in [-0.2, -0.15) is 0 Å². The van der Waals surface area contributed by atoms with Gasteiger partial charge in [-0.05, 0) is 57.1 Å². The molecule has 0 aromatic rings. The van der Waals surface area contributed by atoms with Gasteiger partial charge in [0.2, 0.25) is 5.78 Å². The summed E-state index contributed by atoms with van der Waals surface area (Å²) in [6, 6.07) is 0. The van der Waals surface area contributed by atoms with Crippen LogP contribution in [-0.4, -0.2) is 51.7 Å². The van der Waals surface area contributed by atoms with Crippen molar-refractivity contribution in [1.29, 1.82) is 0 Å². The molecule has 7 heteroatoms. The van der Waals surface area contributed by atoms with Gasteiger partial charge in [0, 0.05) is 29.1 Å². The molecular weight excluding hydrogens is 439 g/mol. The zero-order valence-corrected chi connectivity index (χ0v) is 20.6. The van der Waals surface area contributed by atoms with Crippen LogP contribution in [-0.2, 0) is 19.1 Å². The zero-order valence-electron chi connectivity index (χ0n) is 20.6. The highest BCUT2D eigenvalue weighted by Gasteiger charge is 2.77. The molecule has 0 bridgehead atoms. The van der Waals surface area contributed by atoms with Gasteiger partial charge in [-0.25, -0.2) is 4.39 Å². The predicted octanol–water partition coefficient (Wildman–Crippen LogP) is 3.64. The molecule has 188 valence electrons. The van der Waals surface area contributed by atoms with Crippen LogP contribution in [0, 0.1) is 28.6 Å². The number of halogens is 1. The molecule has 3 saturated carbocycles. The van der Waals surface area contributed by atoms with E-state index in [0.29, 0.717) is 31.3 Å². The second kappa shape index (κ2) is 8.37. The van der Waals surface area contributed by atoms with Crippen molar-refractivity contribution in [2.24, 2.45) is 28.6 Å². The molecule has 4 aliphatic carbocycles. The Labute approximate surface area is 200 Å². The van der Waals surface area contributed by atoms with E-state index in [0.717, 1.165) is 6.42 Å². The summed E-state index contributed by atoms with van der Waals surface area (Å²) >= 11 is 0. The van der Waals surface area contributed by atoms with Crippen LogP contribution in [0.1, 0.15) is 72.6 Å². The summed E-state index contributed by atoms with van der Waals surface area (Å²) in [6.07, 6.45) is 5.92. The Morgan fingerprint density at radius 1 is 1.26 bits per heavy atom. The van der Waals surface area contributed by atoms with Gasteiger partial charge in [0.25, 0.3) is 0 Å². The van der Waals surface area contributed by atoms with E-state index in [9.17, 15) is 24.6 Å². The molecule has 6 nitrogen and oxygen atoms in total. The van der Waals surface area contributed by atoms with Gasteiger partial charge in [-0.3, -0.25) is 14.4 Å². The summed E-state index contributed by atoms with van der Waals surface area (Å²) in [7, 11) is 0. The topological polar surface area (TPSA) is 101 Å². The smallest absolute Gasteiger partial charge is 0.306 e. The quantitative estimate of drug-likeness (QED) is 0.568. The first-order chi connectivity index (χ1) is 15.9. The minimum absolute atomic E-state index is 0.0769. The van der Waals surface area contributed by atoms with E-state index < -0.39 is 58.4 Å². The minimum Gasteiger partial charge on any atom is -0.450 e. The summed E-state index contributed by atoms with van der Waals surface area (Å²) < 4.78 is 23.3. The summed E-state index contributed by atoms with van der Waals surface area (Å²) in [4.78, 5) is 38.1. The van der Waals surface area contributed by atoms with Gasteiger partial charge in [0.05, 0.1) is 6.10 Å².